The Morgan fingerprint density at radius 2 is 1.78 bits per heavy atom. The second-order valence-corrected chi connectivity index (χ2v) is 8.85. The third-order valence-corrected chi connectivity index (χ3v) is 6.90. The standard InChI is InChI=1S/C19H28N4O3S/c1-15-18(19(26-3)22(2)21-15)14-20-13-16-7-9-17(10-8-16)27(24,25)23-11-5-4-6-12-23/h7-10,20H,4-6,11-14H2,1-3H3. The Morgan fingerprint density at radius 3 is 2.41 bits per heavy atom. The molecule has 2 aromatic rings. The number of aryl methyl sites for hydroxylation is 2. The first-order valence-electron chi connectivity index (χ1n) is 9.29. The van der Waals surface area contributed by atoms with Gasteiger partial charge in [0.05, 0.1) is 23.3 Å². The van der Waals surface area contributed by atoms with Gasteiger partial charge in [0.1, 0.15) is 0 Å². The highest BCUT2D eigenvalue weighted by Gasteiger charge is 2.25. The van der Waals surface area contributed by atoms with Gasteiger partial charge in [0.2, 0.25) is 15.9 Å². The number of methoxy groups -OCH3 is 1. The summed E-state index contributed by atoms with van der Waals surface area (Å²) in [5.74, 6) is 0.753. The predicted octanol–water partition coefficient (Wildman–Crippen LogP) is 2.20. The monoisotopic (exact) mass is 392 g/mol. The van der Waals surface area contributed by atoms with E-state index < -0.39 is 10.0 Å². The topological polar surface area (TPSA) is 76.5 Å². The van der Waals surface area contributed by atoms with Crippen molar-refractivity contribution in [3.8, 4) is 5.88 Å². The molecule has 1 aliphatic rings. The van der Waals surface area contributed by atoms with Crippen LogP contribution < -0.4 is 10.1 Å². The molecular formula is C19H28N4O3S. The molecule has 7 nitrogen and oxygen atoms in total. The molecule has 0 aliphatic carbocycles. The molecule has 0 radical (unpaired) electrons. The number of rotatable bonds is 7. The van der Waals surface area contributed by atoms with E-state index >= 15 is 0 Å². The van der Waals surface area contributed by atoms with Crippen molar-refractivity contribution in [2.75, 3.05) is 20.2 Å². The van der Waals surface area contributed by atoms with Crippen LogP contribution in [-0.4, -0.2) is 42.7 Å². The quantitative estimate of drug-likeness (QED) is 0.782. The number of sulfonamides is 1. The molecule has 2 heterocycles. The first-order chi connectivity index (χ1) is 12.9. The molecule has 3 rings (SSSR count). The molecule has 148 valence electrons. The molecule has 27 heavy (non-hydrogen) atoms. The lowest BCUT2D eigenvalue weighted by atomic mass is 10.2. The summed E-state index contributed by atoms with van der Waals surface area (Å²) in [6.45, 7) is 4.48. The van der Waals surface area contributed by atoms with Crippen molar-refractivity contribution >= 4 is 10.0 Å². The van der Waals surface area contributed by atoms with Gasteiger partial charge in [-0.05, 0) is 37.5 Å². The molecule has 0 amide bonds. The van der Waals surface area contributed by atoms with Gasteiger partial charge in [0, 0.05) is 33.2 Å². The summed E-state index contributed by atoms with van der Waals surface area (Å²) in [5.41, 5.74) is 3.00. The van der Waals surface area contributed by atoms with Crippen molar-refractivity contribution in [1.82, 2.24) is 19.4 Å². The van der Waals surface area contributed by atoms with Crippen LogP contribution in [0.25, 0.3) is 0 Å². The summed E-state index contributed by atoms with van der Waals surface area (Å²) >= 11 is 0. The molecule has 1 saturated heterocycles. The molecule has 0 atom stereocenters. The SMILES string of the molecule is COc1c(CNCc2ccc(S(=O)(=O)N3CCCCC3)cc2)c(C)nn1C. The normalized spacial score (nSPS) is 15.8. The Bertz CT molecular complexity index is 869. The van der Waals surface area contributed by atoms with Gasteiger partial charge in [-0.1, -0.05) is 18.6 Å². The summed E-state index contributed by atoms with van der Waals surface area (Å²) in [7, 11) is 0.130. The average Bonchev–Trinajstić information content (AvgIpc) is 2.95. The Labute approximate surface area is 161 Å². The molecule has 0 saturated carbocycles. The van der Waals surface area contributed by atoms with Gasteiger partial charge >= 0.3 is 0 Å². The van der Waals surface area contributed by atoms with E-state index in [1.165, 1.54) is 0 Å². The maximum atomic E-state index is 12.7. The first kappa shape index (κ1) is 19.9. The number of aromatic nitrogens is 2. The van der Waals surface area contributed by atoms with Crippen LogP contribution in [0.1, 0.15) is 36.1 Å². The average molecular weight is 393 g/mol. The van der Waals surface area contributed by atoms with E-state index in [9.17, 15) is 8.42 Å². The van der Waals surface area contributed by atoms with Crippen LogP contribution in [-0.2, 0) is 30.2 Å². The maximum Gasteiger partial charge on any atom is 0.243 e. The van der Waals surface area contributed by atoms with Crippen molar-refractivity contribution in [2.45, 2.75) is 44.2 Å². The zero-order chi connectivity index (χ0) is 19.4. The van der Waals surface area contributed by atoms with Crippen LogP contribution in [0, 0.1) is 6.92 Å². The van der Waals surface area contributed by atoms with Gasteiger partial charge < -0.3 is 10.1 Å². The Balaban J connectivity index is 1.61. The molecule has 1 aromatic heterocycles. The fourth-order valence-electron chi connectivity index (χ4n) is 3.51. The molecule has 1 fully saturated rings. The third kappa shape index (κ3) is 4.34. The number of ether oxygens (including phenoxy) is 1. The number of nitrogens with one attached hydrogen (secondary N) is 1. The molecule has 0 spiro atoms. The second kappa shape index (κ2) is 8.41. The number of hydrogen-bond acceptors (Lipinski definition) is 5. The first-order valence-corrected chi connectivity index (χ1v) is 10.7. The predicted molar refractivity (Wildman–Crippen MR) is 104 cm³/mol. The fraction of sp³-hybridized carbons (Fsp3) is 0.526. The van der Waals surface area contributed by atoms with Crippen LogP contribution in [0.3, 0.4) is 0 Å². The minimum Gasteiger partial charge on any atom is -0.481 e. The van der Waals surface area contributed by atoms with E-state index in [4.69, 9.17) is 4.74 Å². The third-order valence-electron chi connectivity index (χ3n) is 4.99. The Hall–Kier alpha value is -1.90. The van der Waals surface area contributed by atoms with Gasteiger partial charge in [-0.25, -0.2) is 13.1 Å². The van der Waals surface area contributed by atoms with Crippen LogP contribution in [0.5, 0.6) is 5.88 Å². The van der Waals surface area contributed by atoms with Gasteiger partial charge in [-0.3, -0.25) is 0 Å². The van der Waals surface area contributed by atoms with Crippen molar-refractivity contribution in [3.63, 3.8) is 0 Å². The molecule has 0 unspecified atom stereocenters. The number of hydrogen-bond donors (Lipinski definition) is 1. The number of benzene rings is 1. The summed E-state index contributed by atoms with van der Waals surface area (Å²) < 4.78 is 34.1. The summed E-state index contributed by atoms with van der Waals surface area (Å²) in [6.07, 6.45) is 2.99. The molecule has 1 N–H and O–H groups in total. The molecule has 1 aromatic carbocycles. The largest absolute Gasteiger partial charge is 0.481 e. The molecule has 0 bridgehead atoms. The fourth-order valence-corrected chi connectivity index (χ4v) is 5.02. The van der Waals surface area contributed by atoms with E-state index in [2.05, 4.69) is 10.4 Å². The van der Waals surface area contributed by atoms with Crippen LogP contribution in [0.15, 0.2) is 29.2 Å². The Morgan fingerprint density at radius 1 is 1.11 bits per heavy atom. The van der Waals surface area contributed by atoms with Crippen LogP contribution in [0.4, 0.5) is 0 Å². The van der Waals surface area contributed by atoms with Gasteiger partial charge in [0.25, 0.3) is 0 Å². The minimum absolute atomic E-state index is 0.373. The van der Waals surface area contributed by atoms with Crippen molar-refractivity contribution in [3.05, 3.63) is 41.1 Å². The lowest BCUT2D eigenvalue weighted by Gasteiger charge is -2.25. The lowest BCUT2D eigenvalue weighted by molar-refractivity contribution is 0.346. The van der Waals surface area contributed by atoms with E-state index in [0.717, 1.165) is 42.0 Å². The second-order valence-electron chi connectivity index (χ2n) is 6.91. The number of piperidine rings is 1. The summed E-state index contributed by atoms with van der Waals surface area (Å²) in [6, 6.07) is 7.15. The van der Waals surface area contributed by atoms with Gasteiger partial charge in [0.15, 0.2) is 0 Å². The van der Waals surface area contributed by atoms with E-state index in [1.807, 2.05) is 26.1 Å². The highest BCUT2D eigenvalue weighted by Crippen LogP contribution is 2.22. The van der Waals surface area contributed by atoms with E-state index in [1.54, 1.807) is 28.2 Å². The Kier molecular flexibility index (Phi) is 6.18. The minimum atomic E-state index is -3.37. The van der Waals surface area contributed by atoms with Crippen LogP contribution in [0.2, 0.25) is 0 Å². The highest BCUT2D eigenvalue weighted by molar-refractivity contribution is 7.89. The molecule has 1 aliphatic heterocycles. The van der Waals surface area contributed by atoms with Crippen LogP contribution >= 0.6 is 0 Å². The highest BCUT2D eigenvalue weighted by atomic mass is 32.2. The van der Waals surface area contributed by atoms with Gasteiger partial charge in [-0.15, -0.1) is 0 Å². The van der Waals surface area contributed by atoms with Crippen molar-refractivity contribution < 1.29 is 13.2 Å². The summed E-state index contributed by atoms with van der Waals surface area (Å²) in [5, 5.41) is 7.75. The smallest absolute Gasteiger partial charge is 0.243 e. The maximum absolute atomic E-state index is 12.7. The zero-order valence-corrected chi connectivity index (χ0v) is 17.1. The van der Waals surface area contributed by atoms with E-state index in [0.29, 0.717) is 31.1 Å². The molecular weight excluding hydrogens is 364 g/mol. The molecule has 8 heteroatoms. The zero-order valence-electron chi connectivity index (χ0n) is 16.2. The number of nitrogens with zero attached hydrogens (tertiary/aromatic N) is 3. The van der Waals surface area contributed by atoms with E-state index in [-0.39, 0.29) is 0 Å². The lowest BCUT2D eigenvalue weighted by Crippen LogP contribution is -2.35. The van der Waals surface area contributed by atoms with Crippen molar-refractivity contribution in [2.24, 2.45) is 7.05 Å². The van der Waals surface area contributed by atoms with Crippen molar-refractivity contribution in [1.29, 1.82) is 0 Å². The summed E-state index contributed by atoms with van der Waals surface area (Å²) in [4.78, 5) is 0.373. The van der Waals surface area contributed by atoms with Gasteiger partial charge in [-0.2, -0.15) is 9.40 Å².